The molecular weight excluding hydrogens is 270 g/mol. The summed E-state index contributed by atoms with van der Waals surface area (Å²) in [7, 11) is 1.79. The number of rotatable bonds is 3. The normalized spacial score (nSPS) is 23.9. The van der Waals surface area contributed by atoms with Crippen molar-refractivity contribution in [3.05, 3.63) is 65.2 Å². The number of hydrogen-bond acceptors (Lipinski definition) is 2. The molecule has 0 radical (unpaired) electrons. The van der Waals surface area contributed by atoms with Gasteiger partial charge in [0.2, 0.25) is 0 Å². The summed E-state index contributed by atoms with van der Waals surface area (Å²) in [6.45, 7) is 2.30. The second kappa shape index (κ2) is 5.77. The summed E-state index contributed by atoms with van der Waals surface area (Å²) in [5.41, 5.74) is 4.36. The fraction of sp³-hybridized carbons (Fsp3) is 0.400. The molecule has 1 fully saturated rings. The third-order valence-corrected chi connectivity index (χ3v) is 5.37. The molecule has 1 aliphatic heterocycles. The molecule has 0 aromatic heterocycles. The lowest BCUT2D eigenvalue weighted by atomic mass is 9.80. The van der Waals surface area contributed by atoms with Crippen molar-refractivity contribution < 1.29 is 4.74 Å². The van der Waals surface area contributed by atoms with Crippen LogP contribution in [-0.2, 0) is 19.4 Å². The zero-order chi connectivity index (χ0) is 14.9. The van der Waals surface area contributed by atoms with E-state index in [4.69, 9.17) is 4.74 Å². The molecular formula is C20H23NO. The summed E-state index contributed by atoms with van der Waals surface area (Å²) in [5.74, 6) is 1.88. The van der Waals surface area contributed by atoms with E-state index in [0.29, 0.717) is 6.04 Å². The number of ether oxygens (including phenoxy) is 1. The Kier molecular flexibility index (Phi) is 3.63. The average molecular weight is 293 g/mol. The molecule has 0 bridgehead atoms. The zero-order valence-electron chi connectivity index (χ0n) is 13.2. The van der Waals surface area contributed by atoms with Gasteiger partial charge in [0.15, 0.2) is 0 Å². The van der Waals surface area contributed by atoms with E-state index in [1.165, 1.54) is 36.1 Å². The first kappa shape index (κ1) is 13.8. The van der Waals surface area contributed by atoms with Gasteiger partial charge in [0.05, 0.1) is 7.11 Å². The van der Waals surface area contributed by atoms with E-state index in [1.807, 2.05) is 0 Å². The lowest BCUT2D eigenvalue weighted by Crippen LogP contribution is -2.37. The lowest BCUT2D eigenvalue weighted by Gasteiger charge is -2.34. The molecule has 0 spiro atoms. The highest BCUT2D eigenvalue weighted by Crippen LogP contribution is 2.39. The topological polar surface area (TPSA) is 12.5 Å². The van der Waals surface area contributed by atoms with Gasteiger partial charge in [-0.05, 0) is 54.5 Å². The molecule has 2 aliphatic rings. The molecule has 0 N–H and O–H groups in total. The predicted molar refractivity (Wildman–Crippen MR) is 89.1 cm³/mol. The number of methoxy groups -OCH3 is 1. The minimum absolute atomic E-state index is 0.670. The Bertz CT molecular complexity index is 652. The summed E-state index contributed by atoms with van der Waals surface area (Å²) in [6.07, 6.45) is 3.67. The van der Waals surface area contributed by atoms with Gasteiger partial charge in [-0.25, -0.2) is 0 Å². The first-order valence-corrected chi connectivity index (χ1v) is 8.28. The molecule has 0 saturated carbocycles. The van der Waals surface area contributed by atoms with E-state index in [1.54, 1.807) is 7.11 Å². The third-order valence-electron chi connectivity index (χ3n) is 5.37. The second-order valence-corrected chi connectivity index (χ2v) is 6.58. The smallest absolute Gasteiger partial charge is 0.122 e. The van der Waals surface area contributed by atoms with Crippen molar-refractivity contribution in [1.29, 1.82) is 0 Å². The minimum Gasteiger partial charge on any atom is -0.496 e. The summed E-state index contributed by atoms with van der Waals surface area (Å²) >= 11 is 0. The van der Waals surface area contributed by atoms with Crippen LogP contribution < -0.4 is 4.74 Å². The van der Waals surface area contributed by atoms with Gasteiger partial charge in [0.25, 0.3) is 0 Å². The molecule has 0 unspecified atom stereocenters. The number of hydrogen-bond donors (Lipinski definition) is 0. The van der Waals surface area contributed by atoms with E-state index >= 15 is 0 Å². The Morgan fingerprint density at radius 3 is 2.73 bits per heavy atom. The van der Waals surface area contributed by atoms with Crippen molar-refractivity contribution in [1.82, 2.24) is 4.90 Å². The molecule has 2 atom stereocenters. The molecule has 2 aromatic carbocycles. The van der Waals surface area contributed by atoms with Crippen molar-refractivity contribution in [2.45, 2.75) is 31.8 Å². The predicted octanol–water partition coefficient (Wildman–Crippen LogP) is 3.68. The molecule has 1 saturated heterocycles. The molecule has 2 aromatic rings. The highest BCUT2D eigenvalue weighted by Gasteiger charge is 2.38. The Balaban J connectivity index is 1.58. The molecule has 1 aliphatic carbocycles. The molecule has 22 heavy (non-hydrogen) atoms. The van der Waals surface area contributed by atoms with Crippen LogP contribution in [0, 0.1) is 5.92 Å². The van der Waals surface area contributed by atoms with Gasteiger partial charge in [-0.3, -0.25) is 4.90 Å². The summed E-state index contributed by atoms with van der Waals surface area (Å²) in [4.78, 5) is 2.68. The fourth-order valence-electron chi connectivity index (χ4n) is 4.25. The Morgan fingerprint density at radius 2 is 1.91 bits per heavy atom. The summed E-state index contributed by atoms with van der Waals surface area (Å²) in [5, 5.41) is 0. The fourth-order valence-corrected chi connectivity index (χ4v) is 4.25. The summed E-state index contributed by atoms with van der Waals surface area (Å²) in [6, 6.07) is 18.1. The van der Waals surface area contributed by atoms with Gasteiger partial charge in [-0.15, -0.1) is 0 Å². The van der Waals surface area contributed by atoms with E-state index in [0.717, 1.165) is 24.6 Å². The van der Waals surface area contributed by atoms with E-state index in [2.05, 4.69) is 53.4 Å². The van der Waals surface area contributed by atoms with Crippen molar-refractivity contribution in [2.75, 3.05) is 13.7 Å². The first-order valence-electron chi connectivity index (χ1n) is 8.28. The van der Waals surface area contributed by atoms with E-state index < -0.39 is 0 Å². The molecule has 2 nitrogen and oxygen atoms in total. The first-order chi connectivity index (χ1) is 10.8. The Labute approximate surface area is 132 Å². The molecule has 2 heteroatoms. The quantitative estimate of drug-likeness (QED) is 0.856. The average Bonchev–Trinajstić information content (AvgIpc) is 2.95. The van der Waals surface area contributed by atoms with Gasteiger partial charge < -0.3 is 4.74 Å². The van der Waals surface area contributed by atoms with Gasteiger partial charge >= 0.3 is 0 Å². The van der Waals surface area contributed by atoms with Gasteiger partial charge in [0.1, 0.15) is 5.75 Å². The van der Waals surface area contributed by atoms with E-state index in [9.17, 15) is 0 Å². The monoisotopic (exact) mass is 293 g/mol. The van der Waals surface area contributed by atoms with Gasteiger partial charge in [-0.1, -0.05) is 42.5 Å². The highest BCUT2D eigenvalue weighted by molar-refractivity contribution is 5.43. The minimum atomic E-state index is 0.670. The molecule has 0 amide bonds. The number of fused-ring (bicyclic) bond motifs is 2. The van der Waals surface area contributed by atoms with Crippen molar-refractivity contribution in [3.63, 3.8) is 0 Å². The Morgan fingerprint density at radius 1 is 1.05 bits per heavy atom. The second-order valence-electron chi connectivity index (χ2n) is 6.58. The molecule has 114 valence electrons. The van der Waals surface area contributed by atoms with Crippen LogP contribution in [0.5, 0.6) is 5.75 Å². The maximum absolute atomic E-state index is 5.60. The number of benzene rings is 2. The molecule has 1 heterocycles. The maximum atomic E-state index is 5.60. The van der Waals surface area contributed by atoms with Crippen LogP contribution in [0.3, 0.4) is 0 Å². The maximum Gasteiger partial charge on any atom is 0.122 e. The summed E-state index contributed by atoms with van der Waals surface area (Å²) < 4.78 is 5.60. The van der Waals surface area contributed by atoms with Crippen molar-refractivity contribution in [2.24, 2.45) is 5.92 Å². The van der Waals surface area contributed by atoms with Crippen LogP contribution in [-0.4, -0.2) is 24.6 Å². The van der Waals surface area contributed by atoms with Crippen LogP contribution in [0.25, 0.3) is 0 Å². The largest absolute Gasteiger partial charge is 0.496 e. The van der Waals surface area contributed by atoms with Crippen LogP contribution >= 0.6 is 0 Å². The van der Waals surface area contributed by atoms with Gasteiger partial charge in [-0.2, -0.15) is 0 Å². The lowest BCUT2D eigenvalue weighted by molar-refractivity contribution is 0.206. The van der Waals surface area contributed by atoms with Gasteiger partial charge in [0, 0.05) is 12.6 Å². The zero-order valence-corrected chi connectivity index (χ0v) is 13.2. The Hall–Kier alpha value is -1.80. The highest BCUT2D eigenvalue weighted by atomic mass is 16.5. The van der Waals surface area contributed by atoms with Crippen LogP contribution in [0.4, 0.5) is 0 Å². The van der Waals surface area contributed by atoms with Crippen LogP contribution in [0.15, 0.2) is 48.5 Å². The van der Waals surface area contributed by atoms with E-state index in [-0.39, 0.29) is 0 Å². The standard InChI is InChI=1S/C20H23NO/c1-22-20-9-5-8-16-12-17-10-11-21(19(17)13-18(16)20)14-15-6-3-2-4-7-15/h2-9,17,19H,10-14H2,1H3/t17-,19+/m0/s1. The third kappa shape index (κ3) is 2.42. The SMILES string of the molecule is COc1cccc2c1C[C@@H]1[C@@H](CCN1Cc1ccccc1)C2. The van der Waals surface area contributed by atoms with Crippen LogP contribution in [0.1, 0.15) is 23.1 Å². The van der Waals surface area contributed by atoms with Crippen molar-refractivity contribution >= 4 is 0 Å². The number of nitrogens with zero attached hydrogens (tertiary/aromatic N) is 1. The van der Waals surface area contributed by atoms with Crippen molar-refractivity contribution in [3.8, 4) is 5.75 Å². The molecule has 4 rings (SSSR count). The number of likely N-dealkylation sites (tertiary alicyclic amines) is 1. The van der Waals surface area contributed by atoms with Crippen LogP contribution in [0.2, 0.25) is 0 Å².